The van der Waals surface area contributed by atoms with Crippen molar-refractivity contribution in [2.45, 2.75) is 31.8 Å². The fourth-order valence-electron chi connectivity index (χ4n) is 4.99. The number of carbonyl (C=O) groups excluding carboxylic acids is 1. The Bertz CT molecular complexity index is 1320. The number of aromatic nitrogens is 2. The van der Waals surface area contributed by atoms with Crippen LogP contribution in [-0.4, -0.2) is 34.5 Å². The molecule has 0 fully saturated rings. The van der Waals surface area contributed by atoms with E-state index >= 15 is 0 Å². The highest BCUT2D eigenvalue weighted by atomic mass is 35.5. The number of halogens is 1. The molecule has 2 heterocycles. The van der Waals surface area contributed by atoms with Crippen LogP contribution in [0.25, 0.3) is 17.0 Å². The summed E-state index contributed by atoms with van der Waals surface area (Å²) in [4.78, 5) is 20.8. The Morgan fingerprint density at radius 1 is 1.21 bits per heavy atom. The highest BCUT2D eigenvalue weighted by molar-refractivity contribution is 6.31. The molecule has 174 valence electrons. The first-order valence-corrected chi connectivity index (χ1v) is 12.0. The number of carbonyl (C=O) groups is 1. The van der Waals surface area contributed by atoms with Gasteiger partial charge in [0.1, 0.15) is 0 Å². The van der Waals surface area contributed by atoms with E-state index in [-0.39, 0.29) is 5.97 Å². The molecular weight excluding hydrogens is 446 g/mol. The van der Waals surface area contributed by atoms with Crippen LogP contribution >= 0.6 is 11.6 Å². The van der Waals surface area contributed by atoms with Crippen LogP contribution in [0.15, 0.2) is 67.0 Å². The number of hydrogen-bond donors (Lipinski definition) is 2. The van der Waals surface area contributed by atoms with E-state index in [0.29, 0.717) is 6.04 Å². The Morgan fingerprint density at radius 2 is 2.12 bits per heavy atom. The van der Waals surface area contributed by atoms with Gasteiger partial charge < -0.3 is 14.7 Å². The van der Waals surface area contributed by atoms with Crippen molar-refractivity contribution < 1.29 is 9.53 Å². The van der Waals surface area contributed by atoms with Crippen molar-refractivity contribution >= 4 is 34.5 Å². The van der Waals surface area contributed by atoms with Crippen molar-refractivity contribution in [3.63, 3.8) is 0 Å². The topological polar surface area (TPSA) is 61.1 Å². The lowest BCUT2D eigenvalue weighted by Crippen LogP contribution is -2.29. The Morgan fingerprint density at radius 3 is 2.94 bits per heavy atom. The number of aromatic amines is 2. The third-order valence-electron chi connectivity index (χ3n) is 6.70. The summed E-state index contributed by atoms with van der Waals surface area (Å²) in [7, 11) is 1.39. The number of benzene rings is 2. The van der Waals surface area contributed by atoms with Crippen LogP contribution in [0.1, 0.15) is 40.4 Å². The Balaban J connectivity index is 1.37. The number of methoxy groups -OCH3 is 1. The first-order chi connectivity index (χ1) is 16.6. The number of fused-ring (bicyclic) bond motifs is 2. The summed E-state index contributed by atoms with van der Waals surface area (Å²) in [6.07, 6.45) is 10.5. The maximum atomic E-state index is 11.5. The van der Waals surface area contributed by atoms with E-state index in [1.165, 1.54) is 41.0 Å². The second kappa shape index (κ2) is 9.92. The minimum Gasteiger partial charge on any atom is -0.466 e. The lowest BCUT2D eigenvalue weighted by Gasteiger charge is -2.29. The quantitative estimate of drug-likeness (QED) is 0.241. The molecule has 2 aromatic carbocycles. The van der Waals surface area contributed by atoms with E-state index < -0.39 is 0 Å². The van der Waals surface area contributed by atoms with E-state index in [1.807, 2.05) is 24.4 Å². The average molecular weight is 474 g/mol. The molecule has 1 unspecified atom stereocenters. The fourth-order valence-corrected chi connectivity index (χ4v) is 5.16. The van der Waals surface area contributed by atoms with Crippen molar-refractivity contribution in [1.82, 2.24) is 14.9 Å². The highest BCUT2D eigenvalue weighted by Crippen LogP contribution is 2.37. The maximum Gasteiger partial charge on any atom is 0.330 e. The van der Waals surface area contributed by atoms with Crippen molar-refractivity contribution in [3.05, 3.63) is 100.0 Å². The van der Waals surface area contributed by atoms with Gasteiger partial charge in [-0.05, 0) is 71.9 Å². The predicted octanol–water partition coefficient (Wildman–Crippen LogP) is 6.07. The Kier molecular flexibility index (Phi) is 6.57. The van der Waals surface area contributed by atoms with Crippen molar-refractivity contribution in [2.75, 3.05) is 13.7 Å². The molecule has 2 N–H and O–H groups in total. The molecule has 1 atom stereocenters. The van der Waals surface area contributed by atoms with Crippen LogP contribution in [0.4, 0.5) is 0 Å². The van der Waals surface area contributed by atoms with E-state index in [9.17, 15) is 4.79 Å². The molecule has 0 radical (unpaired) electrons. The normalized spacial score (nSPS) is 15.4. The number of nitrogens with zero attached hydrogens (tertiary/aromatic N) is 1. The van der Waals surface area contributed by atoms with Crippen LogP contribution in [0.5, 0.6) is 0 Å². The van der Waals surface area contributed by atoms with Gasteiger partial charge in [-0.15, -0.1) is 0 Å². The summed E-state index contributed by atoms with van der Waals surface area (Å²) in [5.41, 5.74) is 7.37. The first kappa shape index (κ1) is 22.5. The van der Waals surface area contributed by atoms with E-state index in [2.05, 4.69) is 57.5 Å². The highest BCUT2D eigenvalue weighted by Gasteiger charge is 2.28. The molecule has 34 heavy (non-hydrogen) atoms. The van der Waals surface area contributed by atoms with Crippen LogP contribution in [0, 0.1) is 0 Å². The van der Waals surface area contributed by atoms with Gasteiger partial charge in [0.25, 0.3) is 0 Å². The van der Waals surface area contributed by atoms with Gasteiger partial charge in [-0.2, -0.15) is 0 Å². The molecular formula is C28H28ClN3O2. The second-order valence-corrected chi connectivity index (χ2v) is 9.23. The number of ether oxygens (including phenoxy) is 1. The summed E-state index contributed by atoms with van der Waals surface area (Å²) in [6, 6.07) is 17.1. The predicted molar refractivity (Wildman–Crippen MR) is 137 cm³/mol. The minimum absolute atomic E-state index is 0.338. The number of H-pyrrole nitrogens is 2. The van der Waals surface area contributed by atoms with E-state index in [0.717, 1.165) is 48.5 Å². The summed E-state index contributed by atoms with van der Waals surface area (Å²) < 4.78 is 4.71. The summed E-state index contributed by atoms with van der Waals surface area (Å²) in [6.45, 7) is 1.82. The average Bonchev–Trinajstić information content (AvgIpc) is 3.59. The van der Waals surface area contributed by atoms with Crippen molar-refractivity contribution in [1.29, 1.82) is 0 Å². The molecule has 6 heteroatoms. The fraction of sp³-hybridized carbons (Fsp3) is 0.250. The SMILES string of the molecule is COC(=O)/C=C/c1ccc2c(c1)CCC2N(CCc1c[nH]c2cc(Cl)ccc12)Cc1ccc[nH]1. The zero-order valence-corrected chi connectivity index (χ0v) is 19.9. The molecule has 0 bridgehead atoms. The molecule has 1 aliphatic carbocycles. The van der Waals surface area contributed by atoms with Gasteiger partial charge in [-0.1, -0.05) is 35.9 Å². The van der Waals surface area contributed by atoms with Crippen molar-refractivity contribution in [2.24, 2.45) is 0 Å². The van der Waals surface area contributed by atoms with Crippen LogP contribution < -0.4 is 0 Å². The summed E-state index contributed by atoms with van der Waals surface area (Å²) in [5.74, 6) is -0.338. The molecule has 1 aliphatic rings. The summed E-state index contributed by atoms with van der Waals surface area (Å²) in [5, 5.41) is 1.98. The molecule has 0 saturated carbocycles. The third-order valence-corrected chi connectivity index (χ3v) is 6.94. The molecule has 2 aromatic heterocycles. The first-order valence-electron chi connectivity index (χ1n) is 11.6. The van der Waals surface area contributed by atoms with Gasteiger partial charge in [-0.25, -0.2) is 4.79 Å². The molecule has 0 spiro atoms. The van der Waals surface area contributed by atoms with Crippen LogP contribution in [-0.2, 0) is 28.9 Å². The monoisotopic (exact) mass is 473 g/mol. The lowest BCUT2D eigenvalue weighted by atomic mass is 10.0. The number of hydrogen-bond acceptors (Lipinski definition) is 3. The standard InChI is InChI=1S/C28H28ClN3O2/c1-34-28(33)11-5-19-4-8-25-20(15-19)6-10-27(25)32(18-23-3-2-13-30-23)14-12-21-17-31-26-16-22(29)7-9-24(21)26/h2-5,7-9,11,13,15-17,27,30-31H,6,10,12,14,18H2,1H3/b11-5+. The number of aryl methyl sites for hydroxylation is 1. The van der Waals surface area contributed by atoms with E-state index in [4.69, 9.17) is 16.3 Å². The van der Waals surface area contributed by atoms with Gasteiger partial charge >= 0.3 is 5.97 Å². The van der Waals surface area contributed by atoms with Gasteiger partial charge in [0.2, 0.25) is 0 Å². The molecule has 0 saturated heterocycles. The smallest absolute Gasteiger partial charge is 0.330 e. The third kappa shape index (κ3) is 4.81. The molecule has 0 amide bonds. The van der Waals surface area contributed by atoms with Gasteiger partial charge in [0.05, 0.1) is 7.11 Å². The van der Waals surface area contributed by atoms with Crippen LogP contribution in [0.3, 0.4) is 0 Å². The zero-order chi connectivity index (χ0) is 23.5. The molecule has 5 rings (SSSR count). The Hall–Kier alpha value is -3.28. The second-order valence-electron chi connectivity index (χ2n) is 8.79. The van der Waals surface area contributed by atoms with Gasteiger partial charge in [-0.3, -0.25) is 4.90 Å². The molecule has 5 nitrogen and oxygen atoms in total. The molecule has 4 aromatic rings. The van der Waals surface area contributed by atoms with Gasteiger partial charge in [0.15, 0.2) is 0 Å². The number of rotatable bonds is 8. The Labute approximate surface area is 204 Å². The van der Waals surface area contributed by atoms with Gasteiger partial charge in [0, 0.05) is 59.2 Å². The lowest BCUT2D eigenvalue weighted by molar-refractivity contribution is -0.134. The van der Waals surface area contributed by atoms with Crippen LogP contribution in [0.2, 0.25) is 5.02 Å². The molecule has 0 aliphatic heterocycles. The van der Waals surface area contributed by atoms with Crippen molar-refractivity contribution in [3.8, 4) is 0 Å². The zero-order valence-electron chi connectivity index (χ0n) is 19.2. The largest absolute Gasteiger partial charge is 0.466 e. The minimum atomic E-state index is -0.338. The number of nitrogens with one attached hydrogen (secondary N) is 2. The summed E-state index contributed by atoms with van der Waals surface area (Å²) >= 11 is 6.16. The maximum absolute atomic E-state index is 11.5. The van der Waals surface area contributed by atoms with E-state index in [1.54, 1.807) is 0 Å². The number of esters is 1.